The molecular formula is C20H13ClFN3O3S. The topological polar surface area (TPSA) is 83.7 Å². The lowest BCUT2D eigenvalue weighted by Gasteiger charge is -2.07. The molecule has 1 aromatic heterocycles. The summed E-state index contributed by atoms with van der Waals surface area (Å²) in [6.45, 7) is -0.399. The first-order chi connectivity index (χ1) is 13.9. The smallest absolute Gasteiger partial charge is 0.311 e. The fourth-order valence-corrected chi connectivity index (χ4v) is 3.88. The molecule has 4 rings (SSSR count). The summed E-state index contributed by atoms with van der Waals surface area (Å²) < 4.78 is 14.2. The van der Waals surface area contributed by atoms with Crippen molar-refractivity contribution in [3.63, 3.8) is 0 Å². The van der Waals surface area contributed by atoms with Crippen molar-refractivity contribution >= 4 is 58.1 Å². The van der Waals surface area contributed by atoms with Crippen molar-refractivity contribution in [1.29, 1.82) is 0 Å². The SMILES string of the molecule is O=C(Cn1c(O)c(C=C2C=Nc3ccccc32)sc1=O)Nc1ccc(F)c(Cl)c1. The standard InChI is InChI=1S/C20H13ClFN3O3S/c21-14-8-12(5-6-15(14)22)24-18(26)10-25-19(27)17(29-20(25)28)7-11-9-23-16-4-2-1-3-13(11)16/h1-9,27H,10H2,(H,24,26). The Hall–Kier alpha value is -3.23. The van der Waals surface area contributed by atoms with Crippen LogP contribution in [0.2, 0.25) is 5.02 Å². The Kier molecular flexibility index (Phi) is 5.04. The number of carbonyl (C=O) groups is 1. The number of carbonyl (C=O) groups excluding carboxylic acids is 1. The first-order valence-electron chi connectivity index (χ1n) is 8.45. The molecule has 0 fully saturated rings. The molecule has 1 amide bonds. The highest BCUT2D eigenvalue weighted by molar-refractivity contribution is 7.10. The number of nitrogens with zero attached hydrogens (tertiary/aromatic N) is 2. The van der Waals surface area contributed by atoms with Crippen LogP contribution in [0.25, 0.3) is 11.6 Å². The van der Waals surface area contributed by atoms with Crippen LogP contribution in [0.4, 0.5) is 15.8 Å². The number of aromatic hydroxyl groups is 1. The van der Waals surface area contributed by atoms with Gasteiger partial charge in [-0.15, -0.1) is 0 Å². The zero-order valence-electron chi connectivity index (χ0n) is 14.7. The second-order valence-electron chi connectivity index (χ2n) is 6.19. The number of aromatic nitrogens is 1. The Morgan fingerprint density at radius 3 is 2.90 bits per heavy atom. The molecule has 0 radical (unpaired) electrons. The minimum atomic E-state index is -0.605. The molecule has 3 aromatic rings. The minimum absolute atomic E-state index is 0.134. The highest BCUT2D eigenvalue weighted by Gasteiger charge is 2.18. The summed E-state index contributed by atoms with van der Waals surface area (Å²) in [5.41, 5.74) is 2.74. The zero-order chi connectivity index (χ0) is 20.5. The van der Waals surface area contributed by atoms with Crippen LogP contribution in [0, 0.1) is 5.82 Å². The van der Waals surface area contributed by atoms with E-state index in [2.05, 4.69) is 10.3 Å². The normalized spacial score (nSPS) is 13.7. The van der Waals surface area contributed by atoms with Gasteiger partial charge in [0.2, 0.25) is 11.8 Å². The molecule has 0 saturated carbocycles. The molecule has 1 aliphatic rings. The number of amides is 1. The molecule has 2 N–H and O–H groups in total. The van der Waals surface area contributed by atoms with Crippen molar-refractivity contribution in [2.75, 3.05) is 5.32 Å². The van der Waals surface area contributed by atoms with Crippen molar-refractivity contribution in [1.82, 2.24) is 4.57 Å². The van der Waals surface area contributed by atoms with E-state index in [9.17, 15) is 19.1 Å². The third-order valence-electron chi connectivity index (χ3n) is 4.24. The molecule has 1 aliphatic heterocycles. The van der Waals surface area contributed by atoms with E-state index < -0.39 is 23.1 Å². The summed E-state index contributed by atoms with van der Waals surface area (Å²) in [6, 6.07) is 11.2. The Morgan fingerprint density at radius 1 is 1.31 bits per heavy atom. The molecule has 2 heterocycles. The number of para-hydroxylation sites is 1. The second-order valence-corrected chi connectivity index (χ2v) is 7.59. The van der Waals surface area contributed by atoms with Gasteiger partial charge in [0.15, 0.2) is 0 Å². The monoisotopic (exact) mass is 429 g/mol. The number of nitrogens with one attached hydrogen (secondary N) is 1. The Bertz CT molecular complexity index is 1250. The van der Waals surface area contributed by atoms with E-state index in [0.29, 0.717) is 4.88 Å². The summed E-state index contributed by atoms with van der Waals surface area (Å²) in [6.07, 6.45) is 3.31. The van der Waals surface area contributed by atoms with E-state index in [1.54, 1.807) is 12.3 Å². The number of fused-ring (bicyclic) bond motifs is 1. The zero-order valence-corrected chi connectivity index (χ0v) is 16.3. The highest BCUT2D eigenvalue weighted by atomic mass is 35.5. The molecule has 0 saturated heterocycles. The number of anilines is 1. The van der Waals surface area contributed by atoms with Crippen molar-refractivity contribution < 1.29 is 14.3 Å². The predicted octanol–water partition coefficient (Wildman–Crippen LogP) is 4.30. The molecule has 0 unspecified atom stereocenters. The average Bonchev–Trinajstić information content (AvgIpc) is 3.21. The van der Waals surface area contributed by atoms with Crippen molar-refractivity contribution in [2.24, 2.45) is 4.99 Å². The quantitative estimate of drug-likeness (QED) is 0.648. The molecule has 29 heavy (non-hydrogen) atoms. The van der Waals surface area contributed by atoms with Crippen LogP contribution in [0.5, 0.6) is 5.88 Å². The lowest BCUT2D eigenvalue weighted by molar-refractivity contribution is -0.116. The van der Waals surface area contributed by atoms with Crippen LogP contribution in [0.3, 0.4) is 0 Å². The summed E-state index contributed by atoms with van der Waals surface area (Å²) in [4.78, 5) is 28.7. The molecular weight excluding hydrogens is 417 g/mol. The summed E-state index contributed by atoms with van der Waals surface area (Å²) >= 11 is 6.52. The summed E-state index contributed by atoms with van der Waals surface area (Å²) in [5, 5.41) is 12.8. The fraction of sp³-hybridized carbons (Fsp3) is 0.0500. The molecule has 0 spiro atoms. The molecule has 0 atom stereocenters. The number of benzene rings is 2. The third kappa shape index (κ3) is 3.85. The summed E-state index contributed by atoms with van der Waals surface area (Å²) in [7, 11) is 0. The van der Waals surface area contributed by atoms with Crippen LogP contribution in [0.15, 0.2) is 52.3 Å². The number of halogens is 2. The van der Waals surface area contributed by atoms with Crippen molar-refractivity contribution in [3.05, 3.63) is 73.4 Å². The maximum Gasteiger partial charge on any atom is 0.311 e. The van der Waals surface area contributed by atoms with Gasteiger partial charge in [-0.25, -0.2) is 4.39 Å². The molecule has 6 nitrogen and oxygen atoms in total. The van der Waals surface area contributed by atoms with E-state index in [0.717, 1.165) is 38.8 Å². The number of aliphatic imine (C=N–C) groups is 1. The Morgan fingerprint density at radius 2 is 2.10 bits per heavy atom. The number of hydrogen-bond acceptors (Lipinski definition) is 5. The van der Waals surface area contributed by atoms with Crippen LogP contribution >= 0.6 is 22.9 Å². The average molecular weight is 430 g/mol. The van der Waals surface area contributed by atoms with Gasteiger partial charge in [-0.2, -0.15) is 0 Å². The van der Waals surface area contributed by atoms with Crippen LogP contribution in [0.1, 0.15) is 10.4 Å². The van der Waals surface area contributed by atoms with E-state index >= 15 is 0 Å². The van der Waals surface area contributed by atoms with Crippen LogP contribution < -0.4 is 10.2 Å². The van der Waals surface area contributed by atoms with E-state index in [1.165, 1.54) is 12.1 Å². The van der Waals surface area contributed by atoms with Crippen molar-refractivity contribution in [2.45, 2.75) is 6.54 Å². The Balaban J connectivity index is 1.56. The maximum absolute atomic E-state index is 13.2. The maximum atomic E-state index is 13.2. The molecule has 2 aromatic carbocycles. The predicted molar refractivity (Wildman–Crippen MR) is 113 cm³/mol. The van der Waals surface area contributed by atoms with Crippen LogP contribution in [-0.4, -0.2) is 21.8 Å². The first-order valence-corrected chi connectivity index (χ1v) is 9.64. The summed E-state index contributed by atoms with van der Waals surface area (Å²) in [5.74, 6) is -1.47. The first kappa shape index (κ1) is 19.1. The molecule has 0 aliphatic carbocycles. The lowest BCUT2D eigenvalue weighted by Crippen LogP contribution is -2.24. The van der Waals surface area contributed by atoms with Crippen molar-refractivity contribution in [3.8, 4) is 5.88 Å². The number of rotatable bonds is 4. The van der Waals surface area contributed by atoms with Gasteiger partial charge in [-0.3, -0.25) is 19.1 Å². The third-order valence-corrected chi connectivity index (χ3v) is 5.45. The molecule has 146 valence electrons. The van der Waals surface area contributed by atoms with E-state index in [1.807, 2.05) is 24.3 Å². The highest BCUT2D eigenvalue weighted by Crippen LogP contribution is 2.34. The van der Waals surface area contributed by atoms with Gasteiger partial charge in [0.05, 0.1) is 15.6 Å². The van der Waals surface area contributed by atoms with Gasteiger partial charge in [-0.05, 0) is 30.3 Å². The number of allylic oxidation sites excluding steroid dienone is 1. The van der Waals surface area contributed by atoms with Gasteiger partial charge in [0, 0.05) is 23.0 Å². The largest absolute Gasteiger partial charge is 0.493 e. The van der Waals surface area contributed by atoms with Gasteiger partial charge in [0.25, 0.3) is 0 Å². The van der Waals surface area contributed by atoms with E-state index in [-0.39, 0.29) is 16.6 Å². The van der Waals surface area contributed by atoms with Gasteiger partial charge >= 0.3 is 4.87 Å². The van der Waals surface area contributed by atoms with Crippen LogP contribution in [-0.2, 0) is 11.3 Å². The lowest BCUT2D eigenvalue weighted by atomic mass is 10.1. The molecule has 0 bridgehead atoms. The number of hydrogen-bond donors (Lipinski definition) is 2. The molecule has 9 heteroatoms. The fourth-order valence-electron chi connectivity index (χ4n) is 2.86. The van der Waals surface area contributed by atoms with E-state index in [4.69, 9.17) is 11.6 Å². The van der Waals surface area contributed by atoms with Gasteiger partial charge < -0.3 is 10.4 Å². The number of thiazole rings is 1. The minimum Gasteiger partial charge on any atom is -0.493 e. The second kappa shape index (κ2) is 7.65. The van der Waals surface area contributed by atoms with Gasteiger partial charge in [0.1, 0.15) is 12.4 Å². The Labute approximate surface area is 173 Å². The van der Waals surface area contributed by atoms with Gasteiger partial charge in [-0.1, -0.05) is 41.1 Å².